The van der Waals surface area contributed by atoms with E-state index in [9.17, 15) is 4.21 Å². The summed E-state index contributed by atoms with van der Waals surface area (Å²) in [6.45, 7) is 2.33. The number of hydrogen-bond acceptors (Lipinski definition) is 2. The number of rotatable bonds is 3. The van der Waals surface area contributed by atoms with Gasteiger partial charge in [0.2, 0.25) is 0 Å². The van der Waals surface area contributed by atoms with E-state index in [1.54, 1.807) is 0 Å². The van der Waals surface area contributed by atoms with Crippen LogP contribution in [-0.2, 0) is 10.8 Å². The maximum absolute atomic E-state index is 11.2. The molecule has 0 unspecified atom stereocenters. The summed E-state index contributed by atoms with van der Waals surface area (Å²) < 4.78 is 11.2. The summed E-state index contributed by atoms with van der Waals surface area (Å²) in [5, 5.41) is 3.75. The topological polar surface area (TPSA) is 29.1 Å². The van der Waals surface area contributed by atoms with Crippen LogP contribution >= 0.6 is 0 Å². The molecule has 1 saturated carbocycles. The van der Waals surface area contributed by atoms with Crippen LogP contribution in [0.15, 0.2) is 0 Å². The molecule has 0 amide bonds. The molecule has 0 spiro atoms. The molecule has 2 fully saturated rings. The molecule has 1 N–H and O–H groups in total. The second-order valence-corrected chi connectivity index (χ2v) is 6.82. The predicted molar refractivity (Wildman–Crippen MR) is 65.5 cm³/mol. The van der Waals surface area contributed by atoms with E-state index < -0.39 is 10.8 Å². The fraction of sp³-hybridized carbons (Fsp3) is 1.00. The van der Waals surface area contributed by atoms with Crippen LogP contribution in [-0.4, -0.2) is 27.8 Å². The minimum Gasteiger partial charge on any atom is -0.311 e. The van der Waals surface area contributed by atoms with Crippen LogP contribution in [0.2, 0.25) is 0 Å². The van der Waals surface area contributed by atoms with Gasteiger partial charge in [0.25, 0.3) is 0 Å². The first kappa shape index (κ1) is 11.6. The Morgan fingerprint density at radius 3 is 2.33 bits per heavy atom. The Morgan fingerprint density at radius 2 is 1.73 bits per heavy atom. The summed E-state index contributed by atoms with van der Waals surface area (Å²) in [4.78, 5) is 0. The van der Waals surface area contributed by atoms with Crippen molar-refractivity contribution >= 4 is 10.8 Å². The van der Waals surface area contributed by atoms with Crippen molar-refractivity contribution in [2.24, 2.45) is 5.92 Å². The third-order valence-electron chi connectivity index (χ3n) is 3.99. The first-order chi connectivity index (χ1) is 7.25. The van der Waals surface area contributed by atoms with Gasteiger partial charge in [-0.3, -0.25) is 4.21 Å². The van der Waals surface area contributed by atoms with Crippen molar-refractivity contribution in [1.82, 2.24) is 5.32 Å². The first-order valence-electron chi connectivity index (χ1n) is 6.37. The average Bonchev–Trinajstić information content (AvgIpc) is 2.74. The summed E-state index contributed by atoms with van der Waals surface area (Å²) in [6.07, 6.45) is 7.89. The van der Waals surface area contributed by atoms with E-state index in [1.165, 1.54) is 25.7 Å². The Labute approximate surface area is 95.7 Å². The quantitative estimate of drug-likeness (QED) is 0.802. The van der Waals surface area contributed by atoms with Crippen LogP contribution in [0.4, 0.5) is 0 Å². The van der Waals surface area contributed by atoms with Gasteiger partial charge in [0.05, 0.1) is 0 Å². The molecule has 88 valence electrons. The van der Waals surface area contributed by atoms with Gasteiger partial charge in [0.15, 0.2) is 0 Å². The highest BCUT2D eigenvalue weighted by atomic mass is 32.2. The lowest BCUT2D eigenvalue weighted by Gasteiger charge is -2.29. The van der Waals surface area contributed by atoms with Crippen LogP contribution < -0.4 is 5.32 Å². The summed E-state index contributed by atoms with van der Waals surface area (Å²) in [5.41, 5.74) is 0. The Balaban J connectivity index is 1.73. The van der Waals surface area contributed by atoms with Crippen molar-refractivity contribution in [3.8, 4) is 0 Å². The smallest absolute Gasteiger partial charge is 0.0249 e. The second-order valence-electron chi connectivity index (χ2n) is 5.12. The minimum absolute atomic E-state index is 0.518. The molecule has 3 heteroatoms. The van der Waals surface area contributed by atoms with Crippen LogP contribution in [0.25, 0.3) is 0 Å². The fourth-order valence-electron chi connectivity index (χ4n) is 2.93. The minimum atomic E-state index is -0.518. The van der Waals surface area contributed by atoms with Crippen molar-refractivity contribution in [2.45, 2.75) is 57.5 Å². The molecule has 1 heterocycles. The average molecular weight is 229 g/mol. The molecule has 1 aliphatic heterocycles. The van der Waals surface area contributed by atoms with Gasteiger partial charge < -0.3 is 5.32 Å². The van der Waals surface area contributed by atoms with Gasteiger partial charge in [-0.2, -0.15) is 0 Å². The lowest BCUT2D eigenvalue weighted by Crippen LogP contribution is -2.43. The molecule has 1 atom stereocenters. The summed E-state index contributed by atoms with van der Waals surface area (Å²) >= 11 is 0. The molecule has 15 heavy (non-hydrogen) atoms. The lowest BCUT2D eigenvalue weighted by atomic mass is 9.98. The van der Waals surface area contributed by atoms with Crippen LogP contribution in [0.1, 0.15) is 45.4 Å². The predicted octanol–water partition coefficient (Wildman–Crippen LogP) is 2.07. The zero-order valence-corrected chi connectivity index (χ0v) is 10.5. The summed E-state index contributed by atoms with van der Waals surface area (Å²) in [6, 6.07) is 1.31. The molecule has 0 bridgehead atoms. The van der Waals surface area contributed by atoms with E-state index >= 15 is 0 Å². The van der Waals surface area contributed by atoms with Gasteiger partial charge in [0, 0.05) is 34.4 Å². The van der Waals surface area contributed by atoms with Crippen molar-refractivity contribution in [1.29, 1.82) is 0 Å². The van der Waals surface area contributed by atoms with Crippen molar-refractivity contribution in [2.75, 3.05) is 11.5 Å². The SMILES string of the molecule is C[C@H](NC1CCS(=O)CC1)C1CCCC1. The van der Waals surface area contributed by atoms with Crippen LogP contribution in [0, 0.1) is 5.92 Å². The normalized spacial score (nSPS) is 35.5. The monoisotopic (exact) mass is 229 g/mol. The molecule has 2 nitrogen and oxygen atoms in total. The fourth-order valence-corrected chi connectivity index (χ4v) is 4.22. The van der Waals surface area contributed by atoms with E-state index in [1.807, 2.05) is 0 Å². The third-order valence-corrected chi connectivity index (χ3v) is 5.38. The summed E-state index contributed by atoms with van der Waals surface area (Å²) in [5.74, 6) is 2.72. The van der Waals surface area contributed by atoms with Crippen molar-refractivity contribution in [3.05, 3.63) is 0 Å². The van der Waals surface area contributed by atoms with Crippen molar-refractivity contribution in [3.63, 3.8) is 0 Å². The van der Waals surface area contributed by atoms with Gasteiger partial charge in [0.1, 0.15) is 0 Å². The Morgan fingerprint density at radius 1 is 1.13 bits per heavy atom. The zero-order chi connectivity index (χ0) is 10.7. The standard InChI is InChI=1S/C12H23NOS/c1-10(11-4-2-3-5-11)13-12-6-8-15(14)9-7-12/h10-13H,2-9H2,1H3/t10-,12?,15?/m0/s1. The number of nitrogens with one attached hydrogen (secondary N) is 1. The molecule has 0 aromatic heterocycles. The van der Waals surface area contributed by atoms with E-state index in [4.69, 9.17) is 0 Å². The Hall–Kier alpha value is 0.110. The Kier molecular flexibility index (Phi) is 4.21. The van der Waals surface area contributed by atoms with E-state index in [0.717, 1.165) is 30.3 Å². The highest BCUT2D eigenvalue weighted by molar-refractivity contribution is 7.85. The molecule has 0 radical (unpaired) electrons. The molecular weight excluding hydrogens is 206 g/mol. The molecule has 2 rings (SSSR count). The van der Waals surface area contributed by atoms with E-state index in [2.05, 4.69) is 12.2 Å². The largest absolute Gasteiger partial charge is 0.311 e. The molecular formula is C12H23NOS. The van der Waals surface area contributed by atoms with Gasteiger partial charge in [-0.05, 0) is 38.5 Å². The highest BCUT2D eigenvalue weighted by Crippen LogP contribution is 2.28. The van der Waals surface area contributed by atoms with E-state index in [0.29, 0.717) is 12.1 Å². The summed E-state index contributed by atoms with van der Waals surface area (Å²) in [7, 11) is -0.518. The number of hydrogen-bond donors (Lipinski definition) is 1. The molecule has 1 aliphatic carbocycles. The molecule has 1 saturated heterocycles. The highest BCUT2D eigenvalue weighted by Gasteiger charge is 2.25. The van der Waals surface area contributed by atoms with Crippen molar-refractivity contribution < 1.29 is 4.21 Å². The van der Waals surface area contributed by atoms with Gasteiger partial charge in [-0.1, -0.05) is 12.8 Å². The van der Waals surface area contributed by atoms with Gasteiger partial charge in [-0.25, -0.2) is 0 Å². The first-order valence-corrected chi connectivity index (χ1v) is 7.85. The maximum Gasteiger partial charge on any atom is 0.0249 e. The molecule has 0 aromatic carbocycles. The third kappa shape index (κ3) is 3.28. The molecule has 0 aromatic rings. The zero-order valence-electron chi connectivity index (χ0n) is 9.71. The lowest BCUT2D eigenvalue weighted by molar-refractivity contribution is 0.329. The second kappa shape index (κ2) is 5.44. The van der Waals surface area contributed by atoms with Crippen LogP contribution in [0.5, 0.6) is 0 Å². The Bertz CT molecular complexity index is 216. The van der Waals surface area contributed by atoms with Gasteiger partial charge in [-0.15, -0.1) is 0 Å². The van der Waals surface area contributed by atoms with Crippen LogP contribution in [0.3, 0.4) is 0 Å². The molecule has 2 aliphatic rings. The van der Waals surface area contributed by atoms with E-state index in [-0.39, 0.29) is 0 Å². The maximum atomic E-state index is 11.2. The van der Waals surface area contributed by atoms with Gasteiger partial charge >= 0.3 is 0 Å².